The van der Waals surface area contributed by atoms with E-state index in [4.69, 9.17) is 14.0 Å². The van der Waals surface area contributed by atoms with Crippen LogP contribution in [0, 0.1) is 10.1 Å². The number of methoxy groups -OCH3 is 2. The fraction of sp³-hybridized carbons (Fsp3) is 0.250. The van der Waals surface area contributed by atoms with Crippen LogP contribution in [-0.2, 0) is 13.1 Å². The zero-order valence-corrected chi connectivity index (χ0v) is 15.0. The number of nitrogens with zero attached hydrogens (tertiary/aromatic N) is 5. The van der Waals surface area contributed by atoms with Crippen LogP contribution in [0.2, 0.25) is 0 Å². The molecule has 0 radical (unpaired) electrons. The van der Waals surface area contributed by atoms with E-state index in [0.29, 0.717) is 11.5 Å². The highest BCUT2D eigenvalue weighted by Gasteiger charge is 2.17. The molecule has 2 heterocycles. The lowest BCUT2D eigenvalue weighted by Gasteiger charge is -2.08. The van der Waals surface area contributed by atoms with Crippen LogP contribution in [0.5, 0.6) is 11.5 Å². The molecule has 0 fully saturated rings. The van der Waals surface area contributed by atoms with E-state index >= 15 is 0 Å². The predicted molar refractivity (Wildman–Crippen MR) is 93.0 cm³/mol. The number of hydrogen-bond acceptors (Lipinski definition) is 9. The van der Waals surface area contributed by atoms with Crippen molar-refractivity contribution in [3.8, 4) is 11.5 Å². The summed E-state index contributed by atoms with van der Waals surface area (Å²) in [5.74, 6) is 0.554. The second-order valence-corrected chi connectivity index (χ2v) is 5.57. The molecule has 28 heavy (non-hydrogen) atoms. The molecule has 3 rings (SSSR count). The first-order valence-electron chi connectivity index (χ1n) is 7.98. The van der Waals surface area contributed by atoms with Gasteiger partial charge < -0.3 is 19.3 Å². The third kappa shape index (κ3) is 4.41. The molecule has 1 amide bonds. The van der Waals surface area contributed by atoms with Crippen LogP contribution in [0.3, 0.4) is 0 Å². The first-order chi connectivity index (χ1) is 13.5. The average Bonchev–Trinajstić information content (AvgIpc) is 3.36. The molecule has 0 aliphatic rings. The predicted octanol–water partition coefficient (Wildman–Crippen LogP) is 1.17. The summed E-state index contributed by atoms with van der Waals surface area (Å²) in [6.07, 6.45) is 2.34. The number of nitrogens with one attached hydrogen (secondary N) is 1. The van der Waals surface area contributed by atoms with Crippen LogP contribution < -0.4 is 14.8 Å². The SMILES string of the molecule is COc1cc(CNC(=O)c2nc(Cn3cc([N+](=O)[O-])cn3)no2)cc(OC)c1. The molecule has 0 unspecified atom stereocenters. The van der Waals surface area contributed by atoms with E-state index in [9.17, 15) is 14.9 Å². The summed E-state index contributed by atoms with van der Waals surface area (Å²) in [4.78, 5) is 26.3. The fourth-order valence-corrected chi connectivity index (χ4v) is 2.32. The van der Waals surface area contributed by atoms with E-state index in [1.54, 1.807) is 18.2 Å². The largest absolute Gasteiger partial charge is 0.497 e. The minimum absolute atomic E-state index is 0.0255. The quantitative estimate of drug-likeness (QED) is 0.443. The van der Waals surface area contributed by atoms with Gasteiger partial charge in [0.15, 0.2) is 5.82 Å². The standard InChI is InChI=1S/C16H16N6O6/c1-26-12-3-10(4-13(5-12)27-2)6-17-15(23)16-19-14(20-28-16)9-21-8-11(7-18-21)22(24)25/h3-5,7-8H,6,9H2,1-2H3,(H,17,23). The smallest absolute Gasteiger partial charge is 0.316 e. The lowest BCUT2D eigenvalue weighted by atomic mass is 10.2. The molecular formula is C16H16N6O6. The zero-order chi connectivity index (χ0) is 20.1. The Balaban J connectivity index is 1.61. The normalized spacial score (nSPS) is 10.5. The van der Waals surface area contributed by atoms with Crippen molar-refractivity contribution in [3.05, 3.63) is 58.0 Å². The van der Waals surface area contributed by atoms with Crippen LogP contribution >= 0.6 is 0 Å². The van der Waals surface area contributed by atoms with Gasteiger partial charge in [0.05, 0.1) is 19.1 Å². The molecule has 0 atom stereocenters. The lowest BCUT2D eigenvalue weighted by molar-refractivity contribution is -0.385. The number of ether oxygens (including phenoxy) is 2. The van der Waals surface area contributed by atoms with Gasteiger partial charge in [-0.1, -0.05) is 5.16 Å². The van der Waals surface area contributed by atoms with Crippen LogP contribution in [0.4, 0.5) is 5.69 Å². The van der Waals surface area contributed by atoms with Gasteiger partial charge in [0.1, 0.15) is 30.4 Å². The Bertz CT molecular complexity index is 975. The maximum absolute atomic E-state index is 12.2. The van der Waals surface area contributed by atoms with Crippen LogP contribution in [0.25, 0.3) is 0 Å². The van der Waals surface area contributed by atoms with Crippen molar-refractivity contribution in [3.63, 3.8) is 0 Å². The first kappa shape index (κ1) is 18.8. The maximum Gasteiger partial charge on any atom is 0.316 e. The molecule has 146 valence electrons. The molecule has 12 heteroatoms. The topological polar surface area (TPSA) is 147 Å². The molecule has 1 N–H and O–H groups in total. The zero-order valence-electron chi connectivity index (χ0n) is 15.0. The average molecular weight is 388 g/mol. The molecule has 3 aromatic rings. The minimum atomic E-state index is -0.563. The molecule has 0 saturated carbocycles. The summed E-state index contributed by atoms with van der Waals surface area (Å²) in [5, 5.41) is 20.8. The number of hydrogen-bond donors (Lipinski definition) is 1. The van der Waals surface area contributed by atoms with Gasteiger partial charge in [0.25, 0.3) is 0 Å². The van der Waals surface area contributed by atoms with Gasteiger partial charge in [-0.15, -0.1) is 0 Å². The van der Waals surface area contributed by atoms with Crippen molar-refractivity contribution in [2.75, 3.05) is 14.2 Å². The van der Waals surface area contributed by atoms with Gasteiger partial charge in [0.2, 0.25) is 0 Å². The summed E-state index contributed by atoms with van der Waals surface area (Å²) in [6.45, 7) is 0.215. The number of benzene rings is 1. The van der Waals surface area contributed by atoms with E-state index in [1.807, 2.05) is 0 Å². The van der Waals surface area contributed by atoms with Gasteiger partial charge in [-0.2, -0.15) is 10.1 Å². The van der Waals surface area contributed by atoms with Crippen molar-refractivity contribution in [1.82, 2.24) is 25.2 Å². The van der Waals surface area contributed by atoms with Crippen LogP contribution in [0.15, 0.2) is 35.1 Å². The van der Waals surface area contributed by atoms with Crippen molar-refractivity contribution in [2.24, 2.45) is 0 Å². The molecule has 2 aromatic heterocycles. The summed E-state index contributed by atoms with van der Waals surface area (Å²) in [5.41, 5.74) is 0.600. The van der Waals surface area contributed by atoms with Gasteiger partial charge >= 0.3 is 17.5 Å². The molecule has 0 bridgehead atoms. The number of rotatable bonds is 8. The Morgan fingerprint density at radius 1 is 1.29 bits per heavy atom. The Labute approximate surface area is 158 Å². The number of nitro groups is 1. The number of carbonyl (C=O) groups excluding carboxylic acids is 1. The van der Waals surface area contributed by atoms with E-state index in [1.165, 1.54) is 25.1 Å². The maximum atomic E-state index is 12.2. The summed E-state index contributed by atoms with van der Waals surface area (Å²) >= 11 is 0. The molecular weight excluding hydrogens is 372 g/mol. The number of amides is 1. The second-order valence-electron chi connectivity index (χ2n) is 5.57. The minimum Gasteiger partial charge on any atom is -0.497 e. The number of carbonyl (C=O) groups is 1. The van der Waals surface area contributed by atoms with Crippen molar-refractivity contribution < 1.29 is 23.7 Å². The Hall–Kier alpha value is -3.96. The fourth-order valence-electron chi connectivity index (χ4n) is 2.32. The van der Waals surface area contributed by atoms with Crippen molar-refractivity contribution >= 4 is 11.6 Å². The Kier molecular flexibility index (Phi) is 5.48. The molecule has 0 spiro atoms. The highest BCUT2D eigenvalue weighted by atomic mass is 16.6. The first-order valence-corrected chi connectivity index (χ1v) is 7.98. The Morgan fingerprint density at radius 3 is 2.61 bits per heavy atom. The summed E-state index contributed by atoms with van der Waals surface area (Å²) in [6, 6.07) is 5.23. The van der Waals surface area contributed by atoms with E-state index in [-0.39, 0.29) is 30.5 Å². The van der Waals surface area contributed by atoms with Gasteiger partial charge in [-0.3, -0.25) is 19.6 Å². The van der Waals surface area contributed by atoms with E-state index in [2.05, 4.69) is 20.6 Å². The third-order valence-corrected chi connectivity index (χ3v) is 3.66. The van der Waals surface area contributed by atoms with Gasteiger partial charge in [-0.25, -0.2) is 0 Å². The summed E-state index contributed by atoms with van der Waals surface area (Å²) in [7, 11) is 3.07. The highest BCUT2D eigenvalue weighted by Crippen LogP contribution is 2.22. The third-order valence-electron chi connectivity index (χ3n) is 3.66. The van der Waals surface area contributed by atoms with E-state index < -0.39 is 10.8 Å². The molecule has 0 aliphatic heterocycles. The van der Waals surface area contributed by atoms with Gasteiger partial charge in [0, 0.05) is 12.6 Å². The Morgan fingerprint density at radius 2 is 2.00 bits per heavy atom. The number of aromatic nitrogens is 4. The second kappa shape index (κ2) is 8.16. The lowest BCUT2D eigenvalue weighted by Crippen LogP contribution is -2.23. The van der Waals surface area contributed by atoms with Gasteiger partial charge in [-0.05, 0) is 17.7 Å². The highest BCUT2D eigenvalue weighted by molar-refractivity contribution is 5.89. The van der Waals surface area contributed by atoms with Crippen molar-refractivity contribution in [1.29, 1.82) is 0 Å². The monoisotopic (exact) mass is 388 g/mol. The molecule has 0 aliphatic carbocycles. The summed E-state index contributed by atoms with van der Waals surface area (Å²) < 4.78 is 16.6. The molecule has 1 aromatic carbocycles. The van der Waals surface area contributed by atoms with E-state index in [0.717, 1.165) is 11.8 Å². The molecule has 0 saturated heterocycles. The molecule has 12 nitrogen and oxygen atoms in total. The van der Waals surface area contributed by atoms with Crippen LogP contribution in [-0.4, -0.2) is 45.0 Å². The van der Waals surface area contributed by atoms with Crippen molar-refractivity contribution in [2.45, 2.75) is 13.1 Å². The van der Waals surface area contributed by atoms with Crippen LogP contribution in [0.1, 0.15) is 22.1 Å².